The Labute approximate surface area is 194 Å². The van der Waals surface area contributed by atoms with Crippen molar-refractivity contribution in [2.45, 2.75) is 19.0 Å². The molecule has 0 spiro atoms. The summed E-state index contributed by atoms with van der Waals surface area (Å²) in [5, 5.41) is 6.32. The van der Waals surface area contributed by atoms with Crippen molar-refractivity contribution < 1.29 is 17.9 Å². The van der Waals surface area contributed by atoms with Crippen LogP contribution in [-0.4, -0.2) is 57.2 Å². The lowest BCUT2D eigenvalue weighted by atomic mass is 10.2. The number of benzene rings is 1. The Hall–Kier alpha value is -2.08. The number of nitrogens with one attached hydrogen (secondary N) is 2. The molecule has 2 aromatic rings. The van der Waals surface area contributed by atoms with Crippen LogP contribution in [-0.2, 0) is 16.4 Å². The van der Waals surface area contributed by atoms with Gasteiger partial charge in [0.2, 0.25) is 5.88 Å². The fourth-order valence-electron chi connectivity index (χ4n) is 2.91. The monoisotopic (exact) mass is 546 g/mol. The van der Waals surface area contributed by atoms with E-state index in [2.05, 4.69) is 20.6 Å². The number of rotatable bonds is 8. The zero-order chi connectivity index (χ0) is 20.5. The third kappa shape index (κ3) is 7.98. The van der Waals surface area contributed by atoms with E-state index >= 15 is 0 Å². The molecule has 3 rings (SSSR count). The summed E-state index contributed by atoms with van der Waals surface area (Å²) in [4.78, 5) is 8.44. The van der Waals surface area contributed by atoms with Gasteiger partial charge in [-0.25, -0.2) is 13.4 Å². The number of aliphatic imine (C=N–C) groups is 1. The Balaban J connectivity index is 0.00000320. The van der Waals surface area contributed by atoms with Crippen LogP contribution in [0.3, 0.4) is 0 Å². The molecule has 164 valence electrons. The van der Waals surface area contributed by atoms with E-state index in [9.17, 15) is 8.42 Å². The molecule has 0 aliphatic carbocycles. The Kier molecular flexibility index (Phi) is 9.63. The van der Waals surface area contributed by atoms with Gasteiger partial charge in [0.15, 0.2) is 15.8 Å². The topological polar surface area (TPSA) is 102 Å². The Morgan fingerprint density at radius 1 is 1.17 bits per heavy atom. The minimum Gasteiger partial charge on any atom is -0.490 e. The molecule has 1 saturated heterocycles. The summed E-state index contributed by atoms with van der Waals surface area (Å²) in [5.74, 6) is 2.29. The van der Waals surface area contributed by atoms with Crippen LogP contribution in [0, 0.1) is 0 Å². The molecule has 1 fully saturated rings. The van der Waals surface area contributed by atoms with Gasteiger partial charge in [-0.1, -0.05) is 24.3 Å². The fourth-order valence-corrected chi connectivity index (χ4v) is 4.58. The van der Waals surface area contributed by atoms with Crippen LogP contribution in [0.1, 0.15) is 12.0 Å². The van der Waals surface area contributed by atoms with Crippen molar-refractivity contribution in [3.63, 3.8) is 0 Å². The van der Waals surface area contributed by atoms with E-state index < -0.39 is 9.84 Å². The van der Waals surface area contributed by atoms with Crippen LogP contribution in [0.25, 0.3) is 0 Å². The zero-order valence-electron chi connectivity index (χ0n) is 16.8. The highest BCUT2D eigenvalue weighted by molar-refractivity contribution is 14.0. The number of hydrogen-bond acceptors (Lipinski definition) is 6. The Bertz CT molecular complexity index is 908. The average Bonchev–Trinajstić information content (AvgIpc) is 3.08. The lowest BCUT2D eigenvalue weighted by molar-refractivity contribution is 0.212. The lowest BCUT2D eigenvalue weighted by Gasteiger charge is -2.16. The van der Waals surface area contributed by atoms with E-state index in [0.29, 0.717) is 38.0 Å². The number of ether oxygens (including phenoxy) is 2. The molecule has 2 heterocycles. The van der Waals surface area contributed by atoms with Crippen molar-refractivity contribution in [1.29, 1.82) is 0 Å². The maximum atomic E-state index is 11.6. The largest absolute Gasteiger partial charge is 0.490 e. The average molecular weight is 546 g/mol. The van der Waals surface area contributed by atoms with Gasteiger partial charge in [-0.3, -0.25) is 4.99 Å². The summed E-state index contributed by atoms with van der Waals surface area (Å²) in [7, 11) is -1.27. The second-order valence-electron chi connectivity index (χ2n) is 6.68. The second-order valence-corrected chi connectivity index (χ2v) is 8.91. The van der Waals surface area contributed by atoms with Crippen LogP contribution in [0.2, 0.25) is 0 Å². The van der Waals surface area contributed by atoms with Gasteiger partial charge in [0, 0.05) is 31.9 Å². The van der Waals surface area contributed by atoms with Crippen molar-refractivity contribution in [2.75, 3.05) is 31.8 Å². The highest BCUT2D eigenvalue weighted by Crippen LogP contribution is 2.12. The van der Waals surface area contributed by atoms with Gasteiger partial charge >= 0.3 is 0 Å². The smallest absolute Gasteiger partial charge is 0.213 e. The quantitative estimate of drug-likeness (QED) is 0.226. The maximum Gasteiger partial charge on any atom is 0.213 e. The molecule has 0 amide bonds. The standard InChI is InChI=1S/C20H26N4O4S.HI/c1-21-20(24-17-9-12-29(25,26)15-17)23-14-16-7-8-19(22-13-16)28-11-10-27-18-5-3-2-4-6-18;/h2-8,13,17H,9-12,14-15H2,1H3,(H2,21,23,24);1H. The number of halogens is 1. The Morgan fingerprint density at radius 3 is 2.57 bits per heavy atom. The second kappa shape index (κ2) is 11.9. The number of hydrogen-bond donors (Lipinski definition) is 2. The Morgan fingerprint density at radius 2 is 1.93 bits per heavy atom. The number of aromatic nitrogens is 1. The number of pyridine rings is 1. The molecule has 1 aromatic carbocycles. The van der Waals surface area contributed by atoms with Gasteiger partial charge in [0.05, 0.1) is 11.5 Å². The number of nitrogens with zero attached hydrogens (tertiary/aromatic N) is 2. The van der Waals surface area contributed by atoms with E-state index in [1.165, 1.54) is 0 Å². The predicted octanol–water partition coefficient (Wildman–Crippen LogP) is 2.01. The van der Waals surface area contributed by atoms with Gasteiger partial charge in [0.25, 0.3) is 0 Å². The SMILES string of the molecule is CN=C(NCc1ccc(OCCOc2ccccc2)nc1)NC1CCS(=O)(=O)C1.I. The van der Waals surface area contributed by atoms with Crippen molar-refractivity contribution in [3.05, 3.63) is 54.2 Å². The van der Waals surface area contributed by atoms with Gasteiger partial charge in [0.1, 0.15) is 19.0 Å². The summed E-state index contributed by atoms with van der Waals surface area (Å²) in [6.07, 6.45) is 2.33. The van der Waals surface area contributed by atoms with Crippen molar-refractivity contribution in [3.8, 4) is 11.6 Å². The third-order valence-corrected chi connectivity index (χ3v) is 6.17. The zero-order valence-corrected chi connectivity index (χ0v) is 19.9. The first kappa shape index (κ1) is 24.2. The molecule has 8 nitrogen and oxygen atoms in total. The van der Waals surface area contributed by atoms with E-state index in [4.69, 9.17) is 9.47 Å². The molecule has 1 aromatic heterocycles. The molecule has 1 aliphatic rings. The van der Waals surface area contributed by atoms with Crippen LogP contribution in [0.15, 0.2) is 53.7 Å². The molecule has 1 unspecified atom stereocenters. The molecule has 0 radical (unpaired) electrons. The summed E-state index contributed by atoms with van der Waals surface area (Å²) in [6.45, 7) is 1.36. The van der Waals surface area contributed by atoms with Crippen LogP contribution >= 0.6 is 24.0 Å². The van der Waals surface area contributed by atoms with E-state index in [1.807, 2.05) is 36.4 Å². The first-order chi connectivity index (χ1) is 14.0. The number of sulfone groups is 1. The first-order valence-corrected chi connectivity index (χ1v) is 11.3. The van der Waals surface area contributed by atoms with Crippen molar-refractivity contribution >= 4 is 39.8 Å². The van der Waals surface area contributed by atoms with Crippen molar-refractivity contribution in [1.82, 2.24) is 15.6 Å². The predicted molar refractivity (Wildman–Crippen MR) is 127 cm³/mol. The van der Waals surface area contributed by atoms with Gasteiger partial charge in [-0.05, 0) is 24.1 Å². The molecule has 2 N–H and O–H groups in total. The molecular formula is C20H27IN4O4S. The highest BCUT2D eigenvalue weighted by atomic mass is 127. The number of para-hydroxylation sites is 1. The van der Waals surface area contributed by atoms with E-state index in [0.717, 1.165) is 11.3 Å². The van der Waals surface area contributed by atoms with E-state index in [-0.39, 0.29) is 41.5 Å². The minimum absolute atomic E-state index is 0. The van der Waals surface area contributed by atoms with Gasteiger partial charge < -0.3 is 20.1 Å². The fraction of sp³-hybridized carbons (Fsp3) is 0.400. The number of guanidine groups is 1. The molecule has 1 atom stereocenters. The van der Waals surface area contributed by atoms with Crippen LogP contribution in [0.5, 0.6) is 11.6 Å². The van der Waals surface area contributed by atoms with Gasteiger partial charge in [-0.15, -0.1) is 24.0 Å². The van der Waals surface area contributed by atoms with E-state index in [1.54, 1.807) is 19.3 Å². The molecule has 0 bridgehead atoms. The van der Waals surface area contributed by atoms with Crippen molar-refractivity contribution in [2.24, 2.45) is 4.99 Å². The van der Waals surface area contributed by atoms with Crippen LogP contribution < -0.4 is 20.1 Å². The summed E-state index contributed by atoms with van der Waals surface area (Å²) >= 11 is 0. The summed E-state index contributed by atoms with van der Waals surface area (Å²) < 4.78 is 34.3. The normalized spacial score (nSPS) is 17.6. The maximum absolute atomic E-state index is 11.6. The molecule has 10 heteroatoms. The minimum atomic E-state index is -2.92. The van der Waals surface area contributed by atoms with Gasteiger partial charge in [-0.2, -0.15) is 0 Å². The molecule has 30 heavy (non-hydrogen) atoms. The highest BCUT2D eigenvalue weighted by Gasteiger charge is 2.28. The first-order valence-electron chi connectivity index (χ1n) is 9.47. The molecule has 0 saturated carbocycles. The summed E-state index contributed by atoms with van der Waals surface area (Å²) in [5.41, 5.74) is 0.958. The van der Waals surface area contributed by atoms with Crippen LogP contribution in [0.4, 0.5) is 0 Å². The summed E-state index contributed by atoms with van der Waals surface area (Å²) in [6, 6.07) is 13.2. The molecule has 1 aliphatic heterocycles. The third-order valence-electron chi connectivity index (χ3n) is 4.40. The lowest BCUT2D eigenvalue weighted by Crippen LogP contribution is -2.43. The molecular weight excluding hydrogens is 519 g/mol.